The third kappa shape index (κ3) is 3.86. The highest BCUT2D eigenvalue weighted by molar-refractivity contribution is 8.93. The van der Waals surface area contributed by atoms with Crippen molar-refractivity contribution in [3.05, 3.63) is 23.8 Å². The van der Waals surface area contributed by atoms with Crippen molar-refractivity contribution >= 4 is 22.7 Å². The number of benzene rings is 1. The zero-order chi connectivity index (χ0) is 12.3. The number of aromatic hydroxyl groups is 1. The lowest BCUT2D eigenvalue weighted by atomic mass is 9.94. The molecule has 1 aliphatic heterocycles. The Bertz CT molecular complexity index is 387. The minimum Gasteiger partial charge on any atom is -0.506 e. The van der Waals surface area contributed by atoms with Crippen molar-refractivity contribution in [3.8, 4) is 5.75 Å². The van der Waals surface area contributed by atoms with Gasteiger partial charge in [0, 0.05) is 12.1 Å². The van der Waals surface area contributed by atoms with Crippen LogP contribution in [-0.2, 0) is 6.42 Å². The van der Waals surface area contributed by atoms with Crippen LogP contribution in [0.2, 0.25) is 0 Å². The molecule has 2 unspecified atom stereocenters. The second-order valence-electron chi connectivity index (χ2n) is 4.77. The van der Waals surface area contributed by atoms with Crippen LogP contribution in [0.3, 0.4) is 0 Å². The Hall–Kier alpha value is -0.780. The molecule has 1 aliphatic rings. The van der Waals surface area contributed by atoms with Gasteiger partial charge in [-0.25, -0.2) is 0 Å². The number of hydrogen-bond acceptors (Lipinski definition) is 4. The zero-order valence-corrected chi connectivity index (χ0v) is 12.0. The van der Waals surface area contributed by atoms with Crippen molar-refractivity contribution in [2.75, 3.05) is 12.3 Å². The summed E-state index contributed by atoms with van der Waals surface area (Å²) in [5, 5.41) is 21.9. The van der Waals surface area contributed by atoms with Gasteiger partial charge in [-0.05, 0) is 37.0 Å². The normalized spacial score (nSPS) is 23.4. The number of nitrogen functional groups attached to an aromatic ring is 1. The van der Waals surface area contributed by atoms with Crippen molar-refractivity contribution in [3.63, 3.8) is 0 Å². The van der Waals surface area contributed by atoms with Gasteiger partial charge in [-0.2, -0.15) is 0 Å². The van der Waals surface area contributed by atoms with E-state index in [1.807, 2.05) is 12.1 Å². The molecule has 0 spiro atoms. The first kappa shape index (κ1) is 15.3. The van der Waals surface area contributed by atoms with Crippen LogP contribution in [0.1, 0.15) is 24.8 Å². The summed E-state index contributed by atoms with van der Waals surface area (Å²) < 4.78 is 0. The summed E-state index contributed by atoms with van der Waals surface area (Å²) in [5.74, 6) is 0.138. The average Bonchev–Trinajstić information content (AvgIpc) is 2.34. The summed E-state index contributed by atoms with van der Waals surface area (Å²) in [4.78, 5) is 0. The van der Waals surface area contributed by atoms with Gasteiger partial charge in [0.2, 0.25) is 0 Å². The van der Waals surface area contributed by atoms with Gasteiger partial charge in [-0.3, -0.25) is 0 Å². The van der Waals surface area contributed by atoms with Gasteiger partial charge in [-0.1, -0.05) is 12.5 Å². The van der Waals surface area contributed by atoms with E-state index in [4.69, 9.17) is 10.8 Å². The summed E-state index contributed by atoms with van der Waals surface area (Å²) in [6, 6.07) is 5.97. The third-order valence-electron chi connectivity index (χ3n) is 3.37. The maximum absolute atomic E-state index is 9.36. The van der Waals surface area contributed by atoms with Crippen LogP contribution in [0.4, 0.5) is 5.69 Å². The van der Waals surface area contributed by atoms with Gasteiger partial charge in [0.1, 0.15) is 5.75 Å². The Kier molecular flexibility index (Phi) is 5.91. The molecule has 1 saturated heterocycles. The first-order chi connectivity index (χ1) is 8.19. The highest BCUT2D eigenvalue weighted by Crippen LogP contribution is 2.23. The molecule has 2 rings (SSSR count). The van der Waals surface area contributed by atoms with Crippen LogP contribution >= 0.6 is 17.0 Å². The number of phenolic OH excluding ortho intramolecular Hbond substituents is 1. The lowest BCUT2D eigenvalue weighted by Gasteiger charge is -2.30. The molecule has 0 bridgehead atoms. The molecule has 0 radical (unpaired) electrons. The molecule has 1 heterocycles. The van der Waals surface area contributed by atoms with Gasteiger partial charge >= 0.3 is 0 Å². The first-order valence-electron chi connectivity index (χ1n) is 6.13. The van der Waals surface area contributed by atoms with Crippen molar-refractivity contribution in [1.29, 1.82) is 0 Å². The molecular formula is C13H21BrN2O2. The minimum atomic E-state index is 0. The maximum atomic E-state index is 9.36. The summed E-state index contributed by atoms with van der Waals surface area (Å²) in [7, 11) is 0. The van der Waals surface area contributed by atoms with E-state index < -0.39 is 0 Å². The number of piperidine rings is 1. The lowest BCUT2D eigenvalue weighted by Crippen LogP contribution is -2.45. The molecule has 2 atom stereocenters. The molecule has 1 fully saturated rings. The first-order valence-corrected chi connectivity index (χ1v) is 6.13. The molecule has 4 nitrogen and oxygen atoms in total. The standard InChI is InChI=1S/C13H20N2O2.BrH/c14-12-7-9(4-5-13(12)17)6-10-2-1-3-11(8-16)15-10;/h4-5,7,10-11,15-17H,1-3,6,8,14H2;1H. The molecule has 0 saturated carbocycles. The van der Waals surface area contributed by atoms with Crippen LogP contribution in [0, 0.1) is 0 Å². The summed E-state index contributed by atoms with van der Waals surface area (Å²) >= 11 is 0. The topological polar surface area (TPSA) is 78.5 Å². The SMILES string of the molecule is Br.Nc1cc(CC2CCCC(CO)N2)ccc1O. The Morgan fingerprint density at radius 2 is 2.00 bits per heavy atom. The summed E-state index contributed by atoms with van der Waals surface area (Å²) in [6.45, 7) is 0.203. The second kappa shape index (κ2) is 6.97. The Morgan fingerprint density at radius 1 is 1.28 bits per heavy atom. The van der Waals surface area contributed by atoms with Crippen LogP contribution in [-0.4, -0.2) is 28.9 Å². The number of aliphatic hydroxyl groups is 1. The molecule has 18 heavy (non-hydrogen) atoms. The fourth-order valence-electron chi connectivity index (χ4n) is 2.43. The summed E-state index contributed by atoms with van der Waals surface area (Å²) in [6.07, 6.45) is 4.21. The number of anilines is 1. The largest absolute Gasteiger partial charge is 0.506 e. The number of hydrogen-bond donors (Lipinski definition) is 4. The van der Waals surface area contributed by atoms with Crippen LogP contribution < -0.4 is 11.1 Å². The predicted octanol–water partition coefficient (Wildman–Crippen LogP) is 1.60. The molecular weight excluding hydrogens is 296 g/mol. The van der Waals surface area contributed by atoms with E-state index in [1.54, 1.807) is 6.07 Å². The van der Waals surface area contributed by atoms with Gasteiger partial charge in [0.25, 0.3) is 0 Å². The molecule has 0 amide bonds. The molecule has 0 aromatic heterocycles. The van der Waals surface area contributed by atoms with E-state index >= 15 is 0 Å². The van der Waals surface area contributed by atoms with Crippen molar-refractivity contribution in [2.24, 2.45) is 0 Å². The minimum absolute atomic E-state index is 0. The van der Waals surface area contributed by atoms with Gasteiger partial charge in [-0.15, -0.1) is 17.0 Å². The van der Waals surface area contributed by atoms with E-state index in [9.17, 15) is 5.11 Å². The monoisotopic (exact) mass is 316 g/mol. The molecule has 102 valence electrons. The molecule has 1 aromatic rings. The Balaban J connectivity index is 0.00000162. The average molecular weight is 317 g/mol. The van der Waals surface area contributed by atoms with E-state index in [0.717, 1.165) is 31.2 Å². The van der Waals surface area contributed by atoms with Crippen molar-refractivity contribution in [2.45, 2.75) is 37.8 Å². The van der Waals surface area contributed by atoms with E-state index in [0.29, 0.717) is 11.7 Å². The zero-order valence-electron chi connectivity index (χ0n) is 10.3. The number of phenols is 1. The fourth-order valence-corrected chi connectivity index (χ4v) is 2.43. The number of aliphatic hydroxyl groups excluding tert-OH is 1. The van der Waals surface area contributed by atoms with Crippen LogP contribution in [0.25, 0.3) is 0 Å². The number of halogens is 1. The lowest BCUT2D eigenvalue weighted by molar-refractivity contribution is 0.197. The smallest absolute Gasteiger partial charge is 0.138 e. The fraction of sp³-hybridized carbons (Fsp3) is 0.538. The Labute approximate surface area is 118 Å². The number of nitrogens with two attached hydrogens (primary N) is 1. The molecule has 1 aromatic carbocycles. The van der Waals surface area contributed by atoms with E-state index in [1.165, 1.54) is 0 Å². The third-order valence-corrected chi connectivity index (χ3v) is 3.37. The van der Waals surface area contributed by atoms with Crippen LogP contribution in [0.15, 0.2) is 18.2 Å². The van der Waals surface area contributed by atoms with Crippen molar-refractivity contribution < 1.29 is 10.2 Å². The highest BCUT2D eigenvalue weighted by atomic mass is 79.9. The van der Waals surface area contributed by atoms with E-state index in [-0.39, 0.29) is 35.4 Å². The molecule has 0 aliphatic carbocycles. The maximum Gasteiger partial charge on any atom is 0.138 e. The summed E-state index contributed by atoms with van der Waals surface area (Å²) in [5.41, 5.74) is 7.22. The van der Waals surface area contributed by atoms with E-state index in [2.05, 4.69) is 5.32 Å². The Morgan fingerprint density at radius 3 is 2.67 bits per heavy atom. The predicted molar refractivity (Wildman–Crippen MR) is 78.2 cm³/mol. The molecule has 5 N–H and O–H groups in total. The van der Waals surface area contributed by atoms with Gasteiger partial charge in [0.05, 0.1) is 12.3 Å². The highest BCUT2D eigenvalue weighted by Gasteiger charge is 2.20. The van der Waals surface area contributed by atoms with Gasteiger partial charge in [0.15, 0.2) is 0 Å². The van der Waals surface area contributed by atoms with Crippen LogP contribution in [0.5, 0.6) is 5.75 Å². The quantitative estimate of drug-likeness (QED) is 0.504. The number of rotatable bonds is 3. The van der Waals surface area contributed by atoms with Crippen molar-refractivity contribution in [1.82, 2.24) is 5.32 Å². The molecule has 5 heteroatoms. The number of nitrogens with one attached hydrogen (secondary N) is 1. The van der Waals surface area contributed by atoms with Gasteiger partial charge < -0.3 is 21.3 Å². The second-order valence-corrected chi connectivity index (χ2v) is 4.77.